The highest BCUT2D eigenvalue weighted by Crippen LogP contribution is 2.29. The fourth-order valence-corrected chi connectivity index (χ4v) is 2.50. The molecule has 1 heterocycles. The Morgan fingerprint density at radius 2 is 1.88 bits per heavy atom. The number of hydrogen-bond donors (Lipinski definition) is 1. The van der Waals surface area contributed by atoms with Gasteiger partial charge < -0.3 is 5.32 Å². The maximum absolute atomic E-state index is 9.34. The zero-order valence-electron chi connectivity index (χ0n) is 10.6. The monoisotopic (exact) mass is 228 g/mol. The van der Waals surface area contributed by atoms with E-state index in [2.05, 4.69) is 49.5 Å². The van der Waals surface area contributed by atoms with E-state index in [-0.39, 0.29) is 5.92 Å². The van der Waals surface area contributed by atoms with Crippen molar-refractivity contribution >= 4 is 0 Å². The van der Waals surface area contributed by atoms with Gasteiger partial charge in [0.05, 0.1) is 12.0 Å². The first-order valence-corrected chi connectivity index (χ1v) is 6.42. The van der Waals surface area contributed by atoms with Gasteiger partial charge in [0, 0.05) is 0 Å². The lowest BCUT2D eigenvalue weighted by Crippen LogP contribution is -2.15. The molecule has 0 bridgehead atoms. The molecule has 0 saturated carbocycles. The van der Waals surface area contributed by atoms with Crippen LogP contribution in [0.3, 0.4) is 0 Å². The Morgan fingerprint density at radius 3 is 2.35 bits per heavy atom. The Labute approximate surface area is 104 Å². The molecule has 2 rings (SSSR count). The van der Waals surface area contributed by atoms with E-state index >= 15 is 0 Å². The van der Waals surface area contributed by atoms with Crippen molar-refractivity contribution in [2.45, 2.75) is 32.1 Å². The predicted molar refractivity (Wildman–Crippen MR) is 69.9 cm³/mol. The lowest BCUT2D eigenvalue weighted by Gasteiger charge is -2.16. The van der Waals surface area contributed by atoms with E-state index in [1.165, 1.54) is 11.1 Å². The number of nitrogens with one attached hydrogen (secondary N) is 1. The standard InChI is InChI=1S/C15H20N2/c1-11(2)12-3-5-13(6-4-12)15(9-16)14-7-8-17-10-14/h3-6,11,14-15,17H,7-8,10H2,1-2H3. The maximum Gasteiger partial charge on any atom is 0.0753 e. The predicted octanol–water partition coefficient (Wildman–Crippen LogP) is 3.03. The van der Waals surface area contributed by atoms with E-state index in [4.69, 9.17) is 0 Å². The maximum atomic E-state index is 9.34. The van der Waals surface area contributed by atoms with Gasteiger partial charge >= 0.3 is 0 Å². The van der Waals surface area contributed by atoms with E-state index in [9.17, 15) is 5.26 Å². The first-order valence-electron chi connectivity index (χ1n) is 6.42. The van der Waals surface area contributed by atoms with Crippen molar-refractivity contribution in [3.63, 3.8) is 0 Å². The summed E-state index contributed by atoms with van der Waals surface area (Å²) in [6.45, 7) is 6.41. The molecule has 1 N–H and O–H groups in total. The first kappa shape index (κ1) is 12.1. The van der Waals surface area contributed by atoms with Crippen LogP contribution in [0.15, 0.2) is 24.3 Å². The third-order valence-corrected chi connectivity index (χ3v) is 3.67. The van der Waals surface area contributed by atoms with Crippen LogP contribution in [0.25, 0.3) is 0 Å². The zero-order valence-corrected chi connectivity index (χ0v) is 10.6. The molecule has 2 atom stereocenters. The van der Waals surface area contributed by atoms with Gasteiger partial charge in [-0.3, -0.25) is 0 Å². The second-order valence-corrected chi connectivity index (χ2v) is 5.18. The second-order valence-electron chi connectivity index (χ2n) is 5.18. The Hall–Kier alpha value is -1.33. The molecule has 1 aliphatic rings. The molecule has 1 aromatic carbocycles. The van der Waals surface area contributed by atoms with Gasteiger partial charge in [0.25, 0.3) is 0 Å². The zero-order chi connectivity index (χ0) is 12.3. The Bertz CT molecular complexity index is 394. The fraction of sp³-hybridized carbons (Fsp3) is 0.533. The van der Waals surface area contributed by atoms with Gasteiger partial charge in [-0.15, -0.1) is 0 Å². The molecule has 2 nitrogen and oxygen atoms in total. The lowest BCUT2D eigenvalue weighted by atomic mass is 9.86. The minimum absolute atomic E-state index is 0.0474. The van der Waals surface area contributed by atoms with Crippen LogP contribution < -0.4 is 5.32 Å². The first-order chi connectivity index (χ1) is 8.22. The summed E-state index contributed by atoms with van der Waals surface area (Å²) in [6.07, 6.45) is 1.12. The molecule has 0 radical (unpaired) electrons. The molecule has 2 heteroatoms. The Balaban J connectivity index is 2.17. The summed E-state index contributed by atoms with van der Waals surface area (Å²) in [5.74, 6) is 1.08. The highest BCUT2D eigenvalue weighted by atomic mass is 14.9. The van der Waals surface area contributed by atoms with Crippen molar-refractivity contribution < 1.29 is 0 Å². The molecule has 0 amide bonds. The van der Waals surface area contributed by atoms with Crippen LogP contribution in [0.1, 0.15) is 43.2 Å². The van der Waals surface area contributed by atoms with E-state index in [0.29, 0.717) is 11.8 Å². The van der Waals surface area contributed by atoms with Gasteiger partial charge in [0.15, 0.2) is 0 Å². The molecule has 1 aliphatic heterocycles. The fourth-order valence-electron chi connectivity index (χ4n) is 2.50. The van der Waals surface area contributed by atoms with Crippen molar-refractivity contribution in [2.75, 3.05) is 13.1 Å². The number of hydrogen-bond acceptors (Lipinski definition) is 2. The van der Waals surface area contributed by atoms with Crippen LogP contribution in [-0.4, -0.2) is 13.1 Å². The highest BCUT2D eigenvalue weighted by Gasteiger charge is 2.25. The molecule has 2 unspecified atom stereocenters. The third-order valence-electron chi connectivity index (χ3n) is 3.67. The molecule has 1 saturated heterocycles. The van der Waals surface area contributed by atoms with E-state index in [1.807, 2.05) is 0 Å². The number of nitriles is 1. The normalized spacial score (nSPS) is 21.4. The number of benzene rings is 1. The summed E-state index contributed by atoms with van der Waals surface area (Å²) >= 11 is 0. The molecule has 1 fully saturated rings. The van der Waals surface area contributed by atoms with Crippen LogP contribution in [0.2, 0.25) is 0 Å². The highest BCUT2D eigenvalue weighted by molar-refractivity contribution is 5.31. The van der Waals surface area contributed by atoms with Crippen LogP contribution >= 0.6 is 0 Å². The molecule has 1 aromatic rings. The van der Waals surface area contributed by atoms with Gasteiger partial charge in [-0.25, -0.2) is 0 Å². The topological polar surface area (TPSA) is 35.8 Å². The summed E-state index contributed by atoms with van der Waals surface area (Å²) in [5.41, 5.74) is 2.51. The van der Waals surface area contributed by atoms with Crippen molar-refractivity contribution in [1.29, 1.82) is 5.26 Å². The van der Waals surface area contributed by atoms with Crippen molar-refractivity contribution in [1.82, 2.24) is 5.32 Å². The molecular formula is C15H20N2. The summed E-state index contributed by atoms with van der Waals surface area (Å²) in [7, 11) is 0. The van der Waals surface area contributed by atoms with E-state index in [0.717, 1.165) is 19.5 Å². The molecule has 17 heavy (non-hydrogen) atoms. The SMILES string of the molecule is CC(C)c1ccc(C(C#N)C2CCNC2)cc1. The molecule has 0 aliphatic carbocycles. The van der Waals surface area contributed by atoms with Crippen LogP contribution in [0, 0.1) is 17.2 Å². The van der Waals surface area contributed by atoms with Crippen LogP contribution in [0.5, 0.6) is 0 Å². The third kappa shape index (κ3) is 2.68. The minimum atomic E-state index is 0.0474. The van der Waals surface area contributed by atoms with Crippen molar-refractivity contribution in [3.8, 4) is 6.07 Å². The molecular weight excluding hydrogens is 208 g/mol. The molecule has 0 spiro atoms. The van der Waals surface area contributed by atoms with E-state index < -0.39 is 0 Å². The van der Waals surface area contributed by atoms with Gasteiger partial charge in [-0.2, -0.15) is 5.26 Å². The smallest absolute Gasteiger partial charge is 0.0753 e. The summed E-state index contributed by atoms with van der Waals surface area (Å²) in [5, 5.41) is 12.7. The average Bonchev–Trinajstić information content (AvgIpc) is 2.84. The number of nitrogens with zero attached hydrogens (tertiary/aromatic N) is 1. The van der Waals surface area contributed by atoms with Crippen molar-refractivity contribution in [2.24, 2.45) is 5.92 Å². The average molecular weight is 228 g/mol. The van der Waals surface area contributed by atoms with Crippen LogP contribution in [-0.2, 0) is 0 Å². The largest absolute Gasteiger partial charge is 0.316 e. The summed E-state index contributed by atoms with van der Waals surface area (Å²) < 4.78 is 0. The van der Waals surface area contributed by atoms with Crippen molar-refractivity contribution in [3.05, 3.63) is 35.4 Å². The Morgan fingerprint density at radius 1 is 1.24 bits per heavy atom. The van der Waals surface area contributed by atoms with Gasteiger partial charge in [0.2, 0.25) is 0 Å². The van der Waals surface area contributed by atoms with Crippen LogP contribution in [0.4, 0.5) is 0 Å². The quantitative estimate of drug-likeness (QED) is 0.863. The number of rotatable bonds is 3. The molecule has 90 valence electrons. The van der Waals surface area contributed by atoms with Gasteiger partial charge in [0.1, 0.15) is 0 Å². The Kier molecular flexibility index (Phi) is 3.81. The van der Waals surface area contributed by atoms with Gasteiger partial charge in [-0.1, -0.05) is 38.1 Å². The summed E-state index contributed by atoms with van der Waals surface area (Å²) in [6, 6.07) is 11.0. The minimum Gasteiger partial charge on any atom is -0.316 e. The second kappa shape index (κ2) is 5.33. The summed E-state index contributed by atoms with van der Waals surface area (Å²) in [4.78, 5) is 0. The van der Waals surface area contributed by atoms with Gasteiger partial charge in [-0.05, 0) is 42.5 Å². The van der Waals surface area contributed by atoms with E-state index in [1.54, 1.807) is 0 Å². The molecule has 0 aromatic heterocycles. The lowest BCUT2D eigenvalue weighted by molar-refractivity contribution is 0.531.